The van der Waals surface area contributed by atoms with Crippen LogP contribution in [0.3, 0.4) is 0 Å². The molecule has 6 rings (SSSR count). The summed E-state index contributed by atoms with van der Waals surface area (Å²) in [6, 6.07) is 8.98. The number of hydrogen-bond acceptors (Lipinski definition) is 10. The molecule has 0 radical (unpaired) electrons. The molecule has 4 amide bonds. The van der Waals surface area contributed by atoms with Crippen LogP contribution in [-0.4, -0.2) is 120 Å². The number of likely N-dealkylation sites (tertiary alicyclic amines) is 2. The van der Waals surface area contributed by atoms with Gasteiger partial charge in [-0.25, -0.2) is 18.4 Å². The molecule has 0 spiro atoms. The number of nitrogens with zero attached hydrogens (tertiary/aromatic N) is 2. The summed E-state index contributed by atoms with van der Waals surface area (Å²) in [6.07, 6.45) is 0.478. The van der Waals surface area contributed by atoms with E-state index in [2.05, 4.69) is 21.3 Å². The molecule has 0 aliphatic carbocycles. The maximum Gasteiger partial charge on any atom is 0.408 e. The van der Waals surface area contributed by atoms with Gasteiger partial charge in [-0.2, -0.15) is 0 Å². The van der Waals surface area contributed by atoms with E-state index in [4.69, 9.17) is 18.9 Å². The van der Waals surface area contributed by atoms with Crippen LogP contribution in [0.2, 0.25) is 0 Å². The summed E-state index contributed by atoms with van der Waals surface area (Å²) in [4.78, 5) is 58.4. The predicted octanol–water partition coefficient (Wildman–Crippen LogP) is 4.65. The summed E-state index contributed by atoms with van der Waals surface area (Å²) < 4.78 is 50.7. The number of halogens is 2. The average molecular weight is 813 g/mol. The minimum Gasteiger partial charge on any atom is -0.487 e. The Morgan fingerprint density at radius 1 is 0.655 bits per heavy atom. The lowest BCUT2D eigenvalue weighted by atomic mass is 10.0. The quantitative estimate of drug-likeness (QED) is 0.210. The van der Waals surface area contributed by atoms with Gasteiger partial charge in [0.1, 0.15) is 58.6 Å². The first-order chi connectivity index (χ1) is 27.4. The second-order valence-electron chi connectivity index (χ2n) is 17.6. The highest BCUT2D eigenvalue weighted by Crippen LogP contribution is 2.32. The molecule has 16 heteroatoms. The topological polar surface area (TPSA) is 160 Å². The maximum atomic E-state index is 14.4. The summed E-state index contributed by atoms with van der Waals surface area (Å²) in [7, 11) is 0. The van der Waals surface area contributed by atoms with Crippen molar-refractivity contribution in [2.45, 2.75) is 140 Å². The van der Waals surface area contributed by atoms with Crippen molar-refractivity contribution in [3.63, 3.8) is 0 Å². The number of amides is 4. The molecule has 0 bridgehead atoms. The highest BCUT2D eigenvalue weighted by atomic mass is 19.1. The number of ether oxygens (including phenoxy) is 4. The van der Waals surface area contributed by atoms with Crippen LogP contribution in [0.15, 0.2) is 48.5 Å². The smallest absolute Gasteiger partial charge is 0.408 e. The zero-order chi connectivity index (χ0) is 41.8. The first kappa shape index (κ1) is 42.9. The van der Waals surface area contributed by atoms with E-state index in [1.807, 2.05) is 0 Å². The number of nitrogens with one attached hydrogen (secondary N) is 4. The highest BCUT2D eigenvalue weighted by Gasteiger charge is 2.50. The zero-order valence-corrected chi connectivity index (χ0v) is 34.2. The first-order valence-electron chi connectivity index (χ1n) is 20.4. The van der Waals surface area contributed by atoms with Crippen LogP contribution in [0.4, 0.5) is 18.4 Å². The number of benzene rings is 2. The van der Waals surface area contributed by atoms with Crippen molar-refractivity contribution in [1.29, 1.82) is 0 Å². The van der Waals surface area contributed by atoms with E-state index >= 15 is 0 Å². The van der Waals surface area contributed by atoms with Crippen molar-refractivity contribution in [3.05, 3.63) is 60.2 Å². The van der Waals surface area contributed by atoms with Crippen LogP contribution in [0, 0.1) is 11.6 Å². The summed E-state index contributed by atoms with van der Waals surface area (Å²) in [5.74, 6) is -0.332. The van der Waals surface area contributed by atoms with Gasteiger partial charge in [-0.1, -0.05) is 12.8 Å². The van der Waals surface area contributed by atoms with Gasteiger partial charge in [-0.3, -0.25) is 9.59 Å². The molecule has 318 valence electrons. The molecule has 4 saturated heterocycles. The zero-order valence-electron chi connectivity index (χ0n) is 34.2. The van der Waals surface area contributed by atoms with Crippen molar-refractivity contribution in [2.24, 2.45) is 0 Å². The van der Waals surface area contributed by atoms with E-state index in [9.17, 15) is 28.0 Å². The van der Waals surface area contributed by atoms with E-state index in [0.717, 1.165) is 0 Å². The number of hydrogen-bond donors (Lipinski definition) is 4. The van der Waals surface area contributed by atoms with Gasteiger partial charge in [0, 0.05) is 38.3 Å². The van der Waals surface area contributed by atoms with Crippen LogP contribution < -0.4 is 30.7 Å². The molecule has 1 unspecified atom stereocenters. The van der Waals surface area contributed by atoms with E-state index in [-0.39, 0.29) is 60.5 Å². The molecule has 8 atom stereocenters. The number of carbonyl (C=O) groups excluding carboxylic acids is 4. The second kappa shape index (κ2) is 18.1. The minimum atomic E-state index is -0.943. The van der Waals surface area contributed by atoms with Gasteiger partial charge in [0.05, 0.1) is 12.1 Å². The van der Waals surface area contributed by atoms with Gasteiger partial charge < -0.3 is 50.0 Å². The van der Waals surface area contributed by atoms with E-state index in [1.54, 1.807) is 75.6 Å². The van der Waals surface area contributed by atoms with Gasteiger partial charge >= 0.3 is 12.2 Å². The van der Waals surface area contributed by atoms with Crippen molar-refractivity contribution in [3.8, 4) is 11.5 Å². The standard InChI is InChI=1S/C42H58F2N6O8/c1-41(2,3)57-39(53)47-31(37(51)49-21-19-29-35(49)33(23-45-29)55-27-15-11-25(43)12-16-27)9-7-8-10-32(48-40(54)58-42(4,5)6)38(52)50-22-20-30-36(50)34(24-46-30)56-28-17-13-26(44)14-18-28/h11-18,29-36,45-46H,7-10,19-24H2,1-6H3,(H,47,53)(H,48,54)/t29-,30-,31+,32?,33+,34+,35+,36+/m1/s1. The van der Waals surface area contributed by atoms with Gasteiger partial charge in [0.25, 0.3) is 0 Å². The maximum absolute atomic E-state index is 14.4. The van der Waals surface area contributed by atoms with Crippen molar-refractivity contribution < 1.29 is 46.9 Å². The van der Waals surface area contributed by atoms with Crippen LogP contribution in [-0.2, 0) is 19.1 Å². The van der Waals surface area contributed by atoms with Gasteiger partial charge in [0.2, 0.25) is 11.8 Å². The lowest BCUT2D eigenvalue weighted by Gasteiger charge is -2.33. The summed E-state index contributed by atoms with van der Waals surface area (Å²) in [5, 5.41) is 12.5. The number of unbranched alkanes of at least 4 members (excludes halogenated alkanes) is 1. The fourth-order valence-corrected chi connectivity index (χ4v) is 8.40. The molecular weight excluding hydrogens is 754 g/mol. The van der Waals surface area contributed by atoms with Crippen LogP contribution in [0.1, 0.15) is 80.1 Å². The molecule has 58 heavy (non-hydrogen) atoms. The number of carbonyl (C=O) groups is 4. The summed E-state index contributed by atoms with van der Waals surface area (Å²) in [5.41, 5.74) is -1.60. The lowest BCUT2D eigenvalue weighted by Crippen LogP contribution is -2.55. The normalized spacial score (nSPS) is 25.0. The van der Waals surface area contributed by atoms with E-state index < -0.39 is 47.7 Å². The Morgan fingerprint density at radius 2 is 1.02 bits per heavy atom. The minimum absolute atomic E-state index is 0.0109. The van der Waals surface area contributed by atoms with Crippen LogP contribution >= 0.6 is 0 Å². The Balaban J connectivity index is 1.14. The van der Waals surface area contributed by atoms with Crippen molar-refractivity contribution >= 4 is 24.0 Å². The largest absolute Gasteiger partial charge is 0.487 e. The third-order valence-corrected chi connectivity index (χ3v) is 10.8. The van der Waals surface area contributed by atoms with Gasteiger partial charge in [0.15, 0.2) is 0 Å². The van der Waals surface area contributed by atoms with Gasteiger partial charge in [-0.15, -0.1) is 0 Å². The Kier molecular flexibility index (Phi) is 13.4. The lowest BCUT2D eigenvalue weighted by molar-refractivity contribution is -0.136. The second-order valence-corrected chi connectivity index (χ2v) is 17.6. The van der Waals surface area contributed by atoms with Crippen LogP contribution in [0.25, 0.3) is 0 Å². The molecule has 2 aromatic rings. The average Bonchev–Trinajstić information content (AvgIpc) is 3.93. The Labute approximate surface area is 339 Å². The molecule has 0 aromatic heterocycles. The molecule has 0 saturated carbocycles. The third-order valence-electron chi connectivity index (χ3n) is 10.8. The van der Waals surface area contributed by atoms with Crippen LogP contribution in [0.5, 0.6) is 11.5 Å². The summed E-state index contributed by atoms with van der Waals surface area (Å²) in [6.45, 7) is 12.3. The molecule has 14 nitrogen and oxygen atoms in total. The predicted molar refractivity (Wildman–Crippen MR) is 210 cm³/mol. The third kappa shape index (κ3) is 11.1. The Morgan fingerprint density at radius 3 is 1.36 bits per heavy atom. The monoisotopic (exact) mass is 812 g/mol. The molecule has 4 heterocycles. The first-order valence-corrected chi connectivity index (χ1v) is 20.4. The van der Waals surface area contributed by atoms with E-state index in [0.29, 0.717) is 63.4 Å². The van der Waals surface area contributed by atoms with Gasteiger partial charge in [-0.05, 0) is 116 Å². The number of fused-ring (bicyclic) bond motifs is 2. The Bertz CT molecular complexity index is 1630. The Hall–Kier alpha value is -4.70. The van der Waals surface area contributed by atoms with E-state index in [1.165, 1.54) is 24.3 Å². The number of alkyl carbamates (subject to hydrolysis) is 2. The molecule has 4 aliphatic rings. The molecule has 4 N–H and O–H groups in total. The highest BCUT2D eigenvalue weighted by molar-refractivity contribution is 5.87. The molecular formula is C42H58F2N6O8. The SMILES string of the molecule is CC(C)(C)OC(=O)NC(CCCC[C@H](NC(=O)OC(C)(C)C)C(=O)N1CC[C@H]2NC[C@H](Oc3ccc(F)cc3)[C@H]21)C(=O)N1CC[C@H]2NC[C@H](Oc3ccc(F)cc3)[C@H]21. The van der Waals surface area contributed by atoms with Crippen molar-refractivity contribution in [2.75, 3.05) is 26.2 Å². The fourth-order valence-electron chi connectivity index (χ4n) is 8.40. The fraction of sp³-hybridized carbons (Fsp3) is 0.619. The molecule has 4 aliphatic heterocycles. The summed E-state index contributed by atoms with van der Waals surface area (Å²) >= 11 is 0. The molecule has 4 fully saturated rings. The van der Waals surface area contributed by atoms with Crippen molar-refractivity contribution in [1.82, 2.24) is 31.1 Å². The number of rotatable bonds is 13. The molecule has 2 aromatic carbocycles.